The van der Waals surface area contributed by atoms with Gasteiger partial charge in [-0.3, -0.25) is 4.79 Å². The van der Waals surface area contributed by atoms with Gasteiger partial charge in [-0.15, -0.1) is 0 Å². The standard InChI is InChI=1S/C22H32N4O3/c1-23-17-4-6-26(12-17)21(29)25-5-2-3-18(13-25)24-20(28)22-9-14-7-15(10-22)19(27)16(8-14)11-22/h14-19,27H,2-13H2,(H,24,28)/t14?,15?,16?,17-,18-,19?,22?/m0/s1. The van der Waals surface area contributed by atoms with Crippen LogP contribution in [0.3, 0.4) is 0 Å². The maximum atomic E-state index is 13.3. The third-order valence-corrected chi connectivity index (χ3v) is 8.35. The molecule has 2 unspecified atom stereocenters. The highest BCUT2D eigenvalue weighted by Crippen LogP contribution is 2.60. The second-order valence-electron chi connectivity index (χ2n) is 10.3. The maximum absolute atomic E-state index is 13.3. The number of hydrogen-bond donors (Lipinski definition) is 2. The zero-order chi connectivity index (χ0) is 20.2. The van der Waals surface area contributed by atoms with Crippen molar-refractivity contribution in [2.24, 2.45) is 23.2 Å². The van der Waals surface area contributed by atoms with E-state index in [1.165, 1.54) is 0 Å². The molecular weight excluding hydrogens is 368 g/mol. The molecule has 158 valence electrons. The van der Waals surface area contributed by atoms with Gasteiger partial charge in [-0.1, -0.05) is 0 Å². The van der Waals surface area contributed by atoms with E-state index in [2.05, 4.69) is 10.2 Å². The first-order chi connectivity index (χ1) is 14.0. The summed E-state index contributed by atoms with van der Waals surface area (Å²) in [4.78, 5) is 33.4. The number of nitrogens with one attached hydrogen (secondary N) is 1. The molecule has 2 aliphatic heterocycles. The number of likely N-dealkylation sites (tertiary alicyclic amines) is 2. The molecule has 29 heavy (non-hydrogen) atoms. The van der Waals surface area contributed by atoms with Crippen LogP contribution in [0.2, 0.25) is 0 Å². The van der Waals surface area contributed by atoms with Gasteiger partial charge in [0, 0.05) is 32.1 Å². The monoisotopic (exact) mass is 400 g/mol. The zero-order valence-electron chi connectivity index (χ0n) is 17.1. The molecule has 0 aromatic rings. The molecule has 2 N–H and O–H groups in total. The lowest BCUT2D eigenvalue weighted by atomic mass is 9.48. The lowest BCUT2D eigenvalue weighted by Crippen LogP contribution is -2.61. The minimum atomic E-state index is -0.292. The van der Waals surface area contributed by atoms with Gasteiger partial charge in [0.2, 0.25) is 11.9 Å². The molecule has 0 aromatic heterocycles. The van der Waals surface area contributed by atoms with Crippen LogP contribution in [0.4, 0.5) is 4.79 Å². The Hall–Kier alpha value is -1.81. The fraction of sp³-hybridized carbons (Fsp3) is 0.864. The number of aliphatic hydroxyl groups excluding tert-OH is 1. The van der Waals surface area contributed by atoms with E-state index in [1.807, 2.05) is 4.90 Å². The van der Waals surface area contributed by atoms with Crippen LogP contribution in [0.15, 0.2) is 0 Å². The van der Waals surface area contributed by atoms with Gasteiger partial charge in [-0.25, -0.2) is 11.4 Å². The van der Waals surface area contributed by atoms with E-state index in [1.54, 1.807) is 4.90 Å². The number of amides is 3. The highest BCUT2D eigenvalue weighted by atomic mass is 16.3. The molecule has 4 saturated carbocycles. The van der Waals surface area contributed by atoms with Crippen LogP contribution in [0.1, 0.15) is 51.4 Å². The number of aliphatic hydroxyl groups is 1. The van der Waals surface area contributed by atoms with Crippen molar-refractivity contribution >= 4 is 11.9 Å². The number of carbonyl (C=O) groups is 2. The molecule has 6 aliphatic rings. The summed E-state index contributed by atoms with van der Waals surface area (Å²) in [5, 5.41) is 13.8. The summed E-state index contributed by atoms with van der Waals surface area (Å²) in [5.41, 5.74) is -0.292. The Labute approximate surface area is 172 Å². The van der Waals surface area contributed by atoms with Crippen LogP contribution < -0.4 is 5.32 Å². The average Bonchev–Trinajstić information content (AvgIpc) is 3.20. The quantitative estimate of drug-likeness (QED) is 0.695. The molecule has 0 aromatic carbocycles. The highest BCUT2D eigenvalue weighted by molar-refractivity contribution is 5.83. The molecule has 7 nitrogen and oxygen atoms in total. The third kappa shape index (κ3) is 3.30. The van der Waals surface area contributed by atoms with Gasteiger partial charge in [0.05, 0.1) is 18.1 Å². The molecule has 4 aliphatic carbocycles. The molecule has 4 bridgehead atoms. The van der Waals surface area contributed by atoms with Crippen LogP contribution in [0.5, 0.6) is 0 Å². The Bertz CT molecular complexity index is 718. The molecule has 6 rings (SSSR count). The van der Waals surface area contributed by atoms with Crippen molar-refractivity contribution in [2.75, 3.05) is 26.2 Å². The molecule has 7 heteroatoms. The zero-order valence-corrected chi connectivity index (χ0v) is 17.1. The number of hydrogen-bond acceptors (Lipinski definition) is 3. The second-order valence-corrected chi connectivity index (χ2v) is 10.3. The van der Waals surface area contributed by atoms with Crippen molar-refractivity contribution in [3.63, 3.8) is 0 Å². The van der Waals surface area contributed by atoms with E-state index in [4.69, 9.17) is 6.57 Å². The van der Waals surface area contributed by atoms with Crippen molar-refractivity contribution in [1.29, 1.82) is 0 Å². The Balaban J connectivity index is 1.21. The summed E-state index contributed by atoms with van der Waals surface area (Å²) in [6, 6.07) is -0.0314. The van der Waals surface area contributed by atoms with Crippen molar-refractivity contribution < 1.29 is 14.7 Å². The van der Waals surface area contributed by atoms with Crippen molar-refractivity contribution in [1.82, 2.24) is 15.1 Å². The topological polar surface area (TPSA) is 77.2 Å². The molecule has 4 atom stereocenters. The van der Waals surface area contributed by atoms with Crippen LogP contribution >= 0.6 is 0 Å². The number of carbonyl (C=O) groups excluding carboxylic acids is 2. The average molecular weight is 401 g/mol. The first-order valence-electron chi connectivity index (χ1n) is 11.4. The van der Waals surface area contributed by atoms with Crippen molar-refractivity contribution in [3.05, 3.63) is 11.4 Å². The van der Waals surface area contributed by atoms with Gasteiger partial charge in [0.15, 0.2) is 0 Å². The Morgan fingerprint density at radius 1 is 1.03 bits per heavy atom. The molecule has 0 spiro atoms. The van der Waals surface area contributed by atoms with Gasteiger partial charge >= 0.3 is 6.03 Å². The molecule has 2 heterocycles. The van der Waals surface area contributed by atoms with Gasteiger partial charge in [0.25, 0.3) is 0 Å². The summed E-state index contributed by atoms with van der Waals surface area (Å²) in [6.45, 7) is 9.67. The number of piperidine rings is 1. The SMILES string of the molecule is [C-]#[N+][C@H]1CCN(C(=O)N2CCC[C@H](NC(=O)C34CC5CC(C3)C(O)C(C5)C4)C2)C1. The van der Waals surface area contributed by atoms with Crippen LogP contribution in [-0.2, 0) is 4.79 Å². The largest absolute Gasteiger partial charge is 0.393 e. The predicted molar refractivity (Wildman–Crippen MR) is 107 cm³/mol. The highest BCUT2D eigenvalue weighted by Gasteiger charge is 2.58. The number of rotatable bonds is 2. The molecule has 0 radical (unpaired) electrons. The lowest BCUT2D eigenvalue weighted by molar-refractivity contribution is -0.163. The van der Waals surface area contributed by atoms with Crippen molar-refractivity contribution in [3.8, 4) is 0 Å². The van der Waals surface area contributed by atoms with E-state index >= 15 is 0 Å². The van der Waals surface area contributed by atoms with E-state index < -0.39 is 0 Å². The smallest absolute Gasteiger partial charge is 0.320 e. The van der Waals surface area contributed by atoms with Gasteiger partial charge < -0.3 is 25.1 Å². The Morgan fingerprint density at radius 2 is 1.76 bits per heavy atom. The number of nitrogens with zero attached hydrogens (tertiary/aromatic N) is 3. The van der Waals surface area contributed by atoms with E-state index in [9.17, 15) is 14.7 Å². The van der Waals surface area contributed by atoms with Crippen LogP contribution in [-0.4, -0.2) is 71.2 Å². The minimum Gasteiger partial charge on any atom is -0.393 e. The Kier molecular flexibility index (Phi) is 4.73. The van der Waals surface area contributed by atoms with Gasteiger partial charge in [0.1, 0.15) is 0 Å². The van der Waals surface area contributed by atoms with Crippen LogP contribution in [0.25, 0.3) is 4.85 Å². The fourth-order valence-corrected chi connectivity index (χ4v) is 7.10. The van der Waals surface area contributed by atoms with Gasteiger partial charge in [-0.05, 0) is 62.7 Å². The number of urea groups is 1. The summed E-state index contributed by atoms with van der Waals surface area (Å²) in [5.74, 6) is 1.35. The summed E-state index contributed by atoms with van der Waals surface area (Å²) < 4.78 is 0. The fourth-order valence-electron chi connectivity index (χ4n) is 7.10. The minimum absolute atomic E-state index is 0.0115. The van der Waals surface area contributed by atoms with Gasteiger partial charge in [-0.2, -0.15) is 0 Å². The summed E-state index contributed by atoms with van der Waals surface area (Å²) in [6.07, 6.45) is 7.16. The van der Waals surface area contributed by atoms with E-state index in [-0.39, 0.29) is 35.5 Å². The molecule has 6 fully saturated rings. The normalized spacial score (nSPS) is 43.3. The predicted octanol–water partition coefficient (Wildman–Crippen LogP) is 1.87. The second kappa shape index (κ2) is 7.16. The van der Waals surface area contributed by atoms with E-state index in [0.717, 1.165) is 57.9 Å². The summed E-state index contributed by atoms with van der Waals surface area (Å²) in [7, 11) is 0. The first-order valence-corrected chi connectivity index (χ1v) is 11.4. The first kappa shape index (κ1) is 19.2. The molecular formula is C22H32N4O3. The molecule has 2 saturated heterocycles. The molecule has 3 amide bonds. The van der Waals surface area contributed by atoms with Crippen molar-refractivity contribution in [2.45, 2.75) is 69.6 Å². The lowest BCUT2D eigenvalue weighted by Gasteiger charge is -2.58. The van der Waals surface area contributed by atoms with E-state index in [0.29, 0.717) is 37.4 Å². The third-order valence-electron chi connectivity index (χ3n) is 8.35. The Morgan fingerprint density at radius 3 is 2.45 bits per heavy atom. The van der Waals surface area contributed by atoms with Crippen LogP contribution in [0, 0.1) is 29.7 Å². The summed E-state index contributed by atoms with van der Waals surface area (Å²) >= 11 is 0. The maximum Gasteiger partial charge on any atom is 0.320 e.